The van der Waals surface area contributed by atoms with Gasteiger partial charge in [0.25, 0.3) is 5.97 Å². The molecule has 0 radical (unpaired) electrons. The van der Waals surface area contributed by atoms with Crippen LogP contribution >= 0.6 is 0 Å². The Labute approximate surface area is 503 Å². The van der Waals surface area contributed by atoms with Crippen molar-refractivity contribution < 1.29 is 25.7 Å². The molecule has 0 amide bonds. The van der Waals surface area contributed by atoms with E-state index in [2.05, 4.69) is 76.2 Å². The molecule has 11 heteroatoms. The highest BCUT2D eigenvalue weighted by Crippen LogP contribution is 2.45. The fourth-order valence-electron chi connectivity index (χ4n) is 12.8. The topological polar surface area (TPSA) is 63.2 Å². The molecule has 0 saturated carbocycles. The van der Waals surface area contributed by atoms with Gasteiger partial charge in [0.05, 0.1) is 0 Å². The molecule has 0 aliphatic heterocycles. The first-order valence-electron chi connectivity index (χ1n) is 36.4. The molecule has 0 fully saturated rings. The maximum absolute atomic E-state index is 13.8. The maximum atomic E-state index is 13.8. The standard InChI is InChI=1S/C68H146O6Si5/c1-13-24-35-46-57-75(58-47-36-25-14-2,59-48-37-26-15-3)71-77(62-51-40-29-18-6,63-52-41-30-19-7)73-79(66-55-44-33-22-10,67-56-45-34-23-11)74-78(64-53-42-31-20-8,65-54-43-32-21-9)72-76(70-68(12)69,60-49-38-27-16-4)61-50-39-28-17-5/h13-67H2,1-12H3. The van der Waals surface area contributed by atoms with Crippen LogP contribution < -0.4 is 0 Å². The Kier molecular flexibility index (Phi) is 54.1. The molecule has 0 heterocycles. The van der Waals surface area contributed by atoms with Gasteiger partial charge in [-0.25, -0.2) is 0 Å². The van der Waals surface area contributed by atoms with Gasteiger partial charge < -0.3 is 20.9 Å². The van der Waals surface area contributed by atoms with Crippen molar-refractivity contribution in [1.29, 1.82) is 0 Å². The number of carbonyl (C=O) groups excluding carboxylic acids is 1. The first kappa shape index (κ1) is 79.4. The molecule has 0 aliphatic carbocycles. The van der Waals surface area contributed by atoms with Crippen molar-refractivity contribution >= 4 is 48.5 Å². The van der Waals surface area contributed by atoms with E-state index in [0.29, 0.717) is 0 Å². The summed E-state index contributed by atoms with van der Waals surface area (Å²) < 4.78 is 42.4. The smallest absolute Gasteiger partial charge is 0.392 e. The highest BCUT2D eigenvalue weighted by molar-refractivity contribution is 6.92. The minimum atomic E-state index is -3.14. The lowest BCUT2D eigenvalue weighted by molar-refractivity contribution is -0.133. The summed E-state index contributed by atoms with van der Waals surface area (Å²) in [6, 6.07) is 12.2. The highest BCUT2D eigenvalue weighted by atomic mass is 28.5. The Bertz CT molecular complexity index is 1230. The lowest BCUT2D eigenvalue weighted by Gasteiger charge is -2.50. The fourth-order valence-corrected chi connectivity index (χ4v) is 44.3. The van der Waals surface area contributed by atoms with Crippen molar-refractivity contribution in [2.45, 2.75) is 432 Å². The molecule has 0 unspecified atom stereocenters. The van der Waals surface area contributed by atoms with Crippen molar-refractivity contribution in [2.75, 3.05) is 0 Å². The zero-order chi connectivity index (χ0) is 58.5. The van der Waals surface area contributed by atoms with Crippen LogP contribution in [0.4, 0.5) is 0 Å². The normalized spacial score (nSPS) is 12.8. The van der Waals surface area contributed by atoms with Crippen LogP contribution in [0.25, 0.3) is 0 Å². The minimum absolute atomic E-state index is 0.131. The van der Waals surface area contributed by atoms with E-state index < -0.39 is 42.6 Å². The van der Waals surface area contributed by atoms with Crippen molar-refractivity contribution in [1.82, 2.24) is 0 Å². The highest BCUT2D eigenvalue weighted by Gasteiger charge is 2.58. The Morgan fingerprint density at radius 3 is 0.570 bits per heavy atom. The van der Waals surface area contributed by atoms with Crippen LogP contribution in [0.2, 0.25) is 66.5 Å². The lowest BCUT2D eigenvalue weighted by atomic mass is 10.2. The molecule has 6 nitrogen and oxygen atoms in total. The molecule has 474 valence electrons. The van der Waals surface area contributed by atoms with Crippen LogP contribution in [-0.4, -0.2) is 48.5 Å². The summed E-state index contributed by atoms with van der Waals surface area (Å²) in [4.78, 5) is 13.8. The van der Waals surface area contributed by atoms with E-state index in [1.54, 1.807) is 6.92 Å². The number of carbonyl (C=O) groups is 1. The molecule has 0 saturated heterocycles. The number of hydrogen-bond donors (Lipinski definition) is 0. The van der Waals surface area contributed by atoms with E-state index in [1.807, 2.05) is 0 Å². The second-order valence-corrected chi connectivity index (χ2v) is 44.4. The average molecular weight is 1200 g/mol. The van der Waals surface area contributed by atoms with E-state index in [-0.39, 0.29) is 5.97 Å². The van der Waals surface area contributed by atoms with Crippen molar-refractivity contribution in [3.05, 3.63) is 0 Å². The summed E-state index contributed by atoms with van der Waals surface area (Å²) in [5.74, 6) is -0.131. The van der Waals surface area contributed by atoms with E-state index >= 15 is 0 Å². The Balaban J connectivity index is 9.23. The van der Waals surface area contributed by atoms with Gasteiger partial charge in [0.2, 0.25) is 0 Å². The summed E-state index contributed by atoms with van der Waals surface area (Å²) in [5, 5.41) is 0. The molecule has 0 rings (SSSR count). The summed E-state index contributed by atoms with van der Waals surface area (Å²) in [6.07, 6.45) is 54.7. The van der Waals surface area contributed by atoms with Crippen molar-refractivity contribution in [2.24, 2.45) is 0 Å². The Hall–Kier alpha value is 0.394. The molecule has 0 aromatic rings. The molecule has 0 aliphatic rings. The number of hydrogen-bond acceptors (Lipinski definition) is 6. The van der Waals surface area contributed by atoms with Crippen LogP contribution in [0.15, 0.2) is 0 Å². The van der Waals surface area contributed by atoms with Gasteiger partial charge in [-0.1, -0.05) is 359 Å². The van der Waals surface area contributed by atoms with Crippen molar-refractivity contribution in [3.63, 3.8) is 0 Å². The predicted octanol–water partition coefficient (Wildman–Crippen LogP) is 25.7. The zero-order valence-corrected chi connectivity index (χ0v) is 61.3. The quantitative estimate of drug-likeness (QED) is 0.0447. The molecular formula is C68H146O6Si5. The Morgan fingerprint density at radius 1 is 0.215 bits per heavy atom. The largest absolute Gasteiger partial charge is 0.495 e. The van der Waals surface area contributed by atoms with Gasteiger partial charge in [-0.15, -0.1) is 0 Å². The number of rotatable bonds is 64. The first-order chi connectivity index (χ1) is 38.4. The van der Waals surface area contributed by atoms with Gasteiger partial charge in [-0.05, 0) is 54.4 Å². The molecule has 0 aromatic heterocycles. The van der Waals surface area contributed by atoms with Crippen LogP contribution in [0.3, 0.4) is 0 Å². The second kappa shape index (κ2) is 53.8. The minimum Gasteiger partial charge on any atom is -0.495 e. The van der Waals surface area contributed by atoms with Gasteiger partial charge in [-0.3, -0.25) is 4.79 Å². The Morgan fingerprint density at radius 2 is 0.380 bits per heavy atom. The van der Waals surface area contributed by atoms with Crippen LogP contribution in [0.1, 0.15) is 366 Å². The predicted molar refractivity (Wildman–Crippen MR) is 363 cm³/mol. The molecular weight excluding hydrogens is 1050 g/mol. The van der Waals surface area contributed by atoms with Crippen molar-refractivity contribution in [3.8, 4) is 0 Å². The third-order valence-corrected chi connectivity index (χ3v) is 43.1. The van der Waals surface area contributed by atoms with Gasteiger partial charge in [0.15, 0.2) is 8.32 Å². The van der Waals surface area contributed by atoms with E-state index in [4.69, 9.17) is 20.9 Å². The van der Waals surface area contributed by atoms with Gasteiger partial charge in [-0.2, -0.15) is 0 Å². The summed E-state index contributed by atoms with van der Waals surface area (Å²) in [6.45, 7) is 27.7. The molecule has 0 N–H and O–H groups in total. The lowest BCUT2D eigenvalue weighted by Crippen LogP contribution is -2.65. The van der Waals surface area contributed by atoms with E-state index in [9.17, 15) is 4.79 Å². The summed E-state index contributed by atoms with van der Waals surface area (Å²) in [5.41, 5.74) is 0. The van der Waals surface area contributed by atoms with E-state index in [0.717, 1.165) is 74.0 Å². The molecule has 0 spiro atoms. The van der Waals surface area contributed by atoms with Crippen LogP contribution in [0.5, 0.6) is 0 Å². The first-order valence-corrected chi connectivity index (χ1v) is 47.9. The summed E-state index contributed by atoms with van der Waals surface area (Å²) in [7, 11) is -14.6. The second-order valence-electron chi connectivity index (χ2n) is 25.7. The van der Waals surface area contributed by atoms with E-state index in [1.165, 1.54) is 275 Å². The molecule has 0 atom stereocenters. The third-order valence-electron chi connectivity index (χ3n) is 17.6. The number of unbranched alkanes of at least 4 members (excludes halogenated alkanes) is 33. The monoisotopic (exact) mass is 1200 g/mol. The zero-order valence-electron chi connectivity index (χ0n) is 56.3. The molecule has 79 heavy (non-hydrogen) atoms. The van der Waals surface area contributed by atoms with Gasteiger partial charge in [0, 0.05) is 19.0 Å². The average Bonchev–Trinajstić information content (AvgIpc) is 3.48. The SMILES string of the molecule is CCCCCC[Si](CCCCCC)(CCCCCC)O[Si](CCCCCC)(CCCCCC)O[Si](CCCCCC)(CCCCCC)O[Si](CCCCCC)(CCCCCC)O[Si](CCCCCC)(CCCCCC)OC(C)=O. The van der Waals surface area contributed by atoms with Crippen LogP contribution in [0, 0.1) is 0 Å². The maximum Gasteiger partial charge on any atom is 0.392 e. The van der Waals surface area contributed by atoms with Crippen LogP contribution in [-0.2, 0) is 25.7 Å². The summed E-state index contributed by atoms with van der Waals surface area (Å²) >= 11 is 0. The third kappa shape index (κ3) is 40.4. The van der Waals surface area contributed by atoms with Gasteiger partial charge >= 0.3 is 34.2 Å². The van der Waals surface area contributed by atoms with Gasteiger partial charge in [0.1, 0.15) is 0 Å². The molecule has 0 bridgehead atoms. The fraction of sp³-hybridized carbons (Fsp3) is 0.985. The molecule has 0 aromatic carbocycles.